The van der Waals surface area contributed by atoms with Crippen LogP contribution < -0.4 is 10.3 Å². The molecular formula is C22H21N3O2. The number of hydrogen-bond donors (Lipinski definition) is 2. The molecule has 5 nitrogen and oxygen atoms in total. The van der Waals surface area contributed by atoms with E-state index in [0.717, 1.165) is 28.2 Å². The first-order valence-corrected chi connectivity index (χ1v) is 8.55. The smallest absolute Gasteiger partial charge is 0.335 e. The average Bonchev–Trinajstić information content (AvgIpc) is 2.69. The molecule has 0 aliphatic rings. The van der Waals surface area contributed by atoms with Gasteiger partial charge in [-0.1, -0.05) is 42.5 Å². The predicted octanol–water partition coefficient (Wildman–Crippen LogP) is 4.32. The molecule has 2 N–H and O–H groups in total. The fourth-order valence-corrected chi connectivity index (χ4v) is 2.62. The normalized spacial score (nSPS) is 11.1. The van der Waals surface area contributed by atoms with Crippen LogP contribution in [0.5, 0.6) is 0 Å². The topological polar surface area (TPSA) is 64.9 Å². The summed E-state index contributed by atoms with van der Waals surface area (Å²) in [5, 5.41) is 13.6. The van der Waals surface area contributed by atoms with E-state index in [4.69, 9.17) is 5.11 Å². The molecule has 0 bridgehead atoms. The van der Waals surface area contributed by atoms with Gasteiger partial charge >= 0.3 is 5.97 Å². The molecule has 3 rings (SSSR count). The number of aromatic carboxylic acids is 1. The number of hydrogen-bond acceptors (Lipinski definition) is 4. The maximum absolute atomic E-state index is 11.0. The Hall–Kier alpha value is -3.60. The zero-order valence-electron chi connectivity index (χ0n) is 15.3. The summed E-state index contributed by atoms with van der Waals surface area (Å²) in [6.07, 6.45) is 0. The lowest BCUT2D eigenvalue weighted by molar-refractivity contribution is 0.0697. The van der Waals surface area contributed by atoms with E-state index >= 15 is 0 Å². The molecule has 0 amide bonds. The molecule has 0 atom stereocenters. The average molecular weight is 359 g/mol. The third-order valence-corrected chi connectivity index (χ3v) is 4.13. The van der Waals surface area contributed by atoms with E-state index in [1.165, 1.54) is 0 Å². The molecule has 0 spiro atoms. The zero-order valence-corrected chi connectivity index (χ0v) is 15.3. The van der Waals surface area contributed by atoms with Gasteiger partial charge in [-0.05, 0) is 36.4 Å². The summed E-state index contributed by atoms with van der Waals surface area (Å²) in [5.41, 5.74) is 7.89. The Morgan fingerprint density at radius 1 is 0.815 bits per heavy atom. The molecule has 0 fully saturated rings. The fourth-order valence-electron chi connectivity index (χ4n) is 2.62. The van der Waals surface area contributed by atoms with E-state index in [9.17, 15) is 4.79 Å². The first-order chi connectivity index (χ1) is 13.0. The number of carboxylic acid groups (broad SMARTS) is 1. The Balaban J connectivity index is 1.92. The number of hydrazone groups is 1. The Morgan fingerprint density at radius 3 is 1.93 bits per heavy atom. The van der Waals surface area contributed by atoms with Crippen LogP contribution in [0.15, 0.2) is 84.0 Å². The van der Waals surface area contributed by atoms with E-state index < -0.39 is 5.97 Å². The molecule has 0 radical (unpaired) electrons. The summed E-state index contributed by atoms with van der Waals surface area (Å²) in [6, 6.07) is 24.6. The van der Waals surface area contributed by atoms with Crippen LogP contribution in [0.2, 0.25) is 0 Å². The predicted molar refractivity (Wildman–Crippen MR) is 110 cm³/mol. The lowest BCUT2D eigenvalue weighted by atomic mass is 10.0. The number of anilines is 2. The first-order valence-electron chi connectivity index (χ1n) is 8.55. The van der Waals surface area contributed by atoms with E-state index in [0.29, 0.717) is 0 Å². The van der Waals surface area contributed by atoms with E-state index in [2.05, 4.69) is 22.7 Å². The molecule has 27 heavy (non-hydrogen) atoms. The summed E-state index contributed by atoms with van der Waals surface area (Å²) >= 11 is 0. The van der Waals surface area contributed by atoms with E-state index in [1.807, 2.05) is 61.5 Å². The minimum Gasteiger partial charge on any atom is -0.478 e. The number of benzene rings is 3. The van der Waals surface area contributed by atoms with Crippen molar-refractivity contribution < 1.29 is 9.90 Å². The van der Waals surface area contributed by atoms with Crippen LogP contribution in [0.25, 0.3) is 0 Å². The summed E-state index contributed by atoms with van der Waals surface area (Å²) in [7, 11) is 4.01. The summed E-state index contributed by atoms with van der Waals surface area (Å²) in [5.74, 6) is -0.948. The zero-order chi connectivity index (χ0) is 19.2. The third kappa shape index (κ3) is 4.52. The fraction of sp³-hybridized carbons (Fsp3) is 0.0909. The van der Waals surface area contributed by atoms with Gasteiger partial charge in [0.05, 0.1) is 17.0 Å². The molecule has 0 saturated carbocycles. The number of carbonyl (C=O) groups is 1. The quantitative estimate of drug-likeness (QED) is 0.508. The molecular weight excluding hydrogens is 338 g/mol. The van der Waals surface area contributed by atoms with Crippen molar-refractivity contribution in [1.82, 2.24) is 0 Å². The maximum atomic E-state index is 11.0. The lowest BCUT2D eigenvalue weighted by Gasteiger charge is -2.14. The van der Waals surface area contributed by atoms with Crippen molar-refractivity contribution in [3.8, 4) is 0 Å². The standard InChI is InChI=1S/C22H21N3O2/c1-25(2)20-14-10-17(11-15-20)21(16-6-4-3-5-7-16)24-23-19-12-8-18(9-13-19)22(26)27/h3-15,23H,1-2H3,(H,26,27)/b24-21-. The van der Waals surface area contributed by atoms with Gasteiger partial charge in [-0.25, -0.2) is 4.79 Å². The van der Waals surface area contributed by atoms with Crippen LogP contribution in [0.3, 0.4) is 0 Å². The first kappa shape index (κ1) is 18.2. The largest absolute Gasteiger partial charge is 0.478 e. The van der Waals surface area contributed by atoms with Crippen molar-refractivity contribution >= 4 is 23.1 Å². The molecule has 0 saturated heterocycles. The lowest BCUT2D eigenvalue weighted by Crippen LogP contribution is -2.10. The molecule has 0 unspecified atom stereocenters. The SMILES string of the molecule is CN(C)c1ccc(/C(=N\Nc2ccc(C(=O)O)cc2)c2ccccc2)cc1. The number of nitrogens with zero attached hydrogens (tertiary/aromatic N) is 2. The second kappa shape index (κ2) is 8.19. The van der Waals surface area contributed by atoms with Crippen LogP contribution >= 0.6 is 0 Å². The summed E-state index contributed by atoms with van der Waals surface area (Å²) in [6.45, 7) is 0. The van der Waals surface area contributed by atoms with Crippen molar-refractivity contribution in [1.29, 1.82) is 0 Å². The highest BCUT2D eigenvalue weighted by atomic mass is 16.4. The summed E-state index contributed by atoms with van der Waals surface area (Å²) < 4.78 is 0. The number of carboxylic acids is 1. The van der Waals surface area contributed by atoms with Gasteiger partial charge in [-0.3, -0.25) is 5.43 Å². The van der Waals surface area contributed by atoms with E-state index in [1.54, 1.807) is 24.3 Å². The summed E-state index contributed by atoms with van der Waals surface area (Å²) in [4.78, 5) is 13.0. The van der Waals surface area contributed by atoms with Crippen LogP contribution in [-0.4, -0.2) is 30.9 Å². The van der Waals surface area contributed by atoms with Gasteiger partial charge in [0, 0.05) is 30.9 Å². The minimum absolute atomic E-state index is 0.243. The van der Waals surface area contributed by atoms with Crippen molar-refractivity contribution in [3.05, 3.63) is 95.6 Å². The van der Waals surface area contributed by atoms with Crippen LogP contribution in [0, 0.1) is 0 Å². The highest BCUT2D eigenvalue weighted by molar-refractivity contribution is 6.13. The second-order valence-electron chi connectivity index (χ2n) is 6.26. The Labute approximate surface area is 158 Å². The maximum Gasteiger partial charge on any atom is 0.335 e. The van der Waals surface area contributed by atoms with Gasteiger partial charge in [0.2, 0.25) is 0 Å². The van der Waals surface area contributed by atoms with Crippen LogP contribution in [-0.2, 0) is 0 Å². The highest BCUT2D eigenvalue weighted by Gasteiger charge is 2.08. The van der Waals surface area contributed by atoms with Crippen LogP contribution in [0.1, 0.15) is 21.5 Å². The van der Waals surface area contributed by atoms with Crippen molar-refractivity contribution in [3.63, 3.8) is 0 Å². The minimum atomic E-state index is -0.948. The molecule has 0 aliphatic heterocycles. The van der Waals surface area contributed by atoms with Gasteiger partial charge in [0.25, 0.3) is 0 Å². The molecule has 3 aromatic carbocycles. The molecule has 0 aliphatic carbocycles. The van der Waals surface area contributed by atoms with Gasteiger partial charge in [-0.15, -0.1) is 0 Å². The van der Waals surface area contributed by atoms with Crippen molar-refractivity contribution in [2.24, 2.45) is 5.10 Å². The monoisotopic (exact) mass is 359 g/mol. The third-order valence-electron chi connectivity index (χ3n) is 4.13. The molecule has 136 valence electrons. The van der Waals surface area contributed by atoms with Gasteiger partial charge in [0.1, 0.15) is 0 Å². The Morgan fingerprint density at radius 2 is 1.37 bits per heavy atom. The van der Waals surface area contributed by atoms with Gasteiger partial charge < -0.3 is 10.0 Å². The number of nitrogens with one attached hydrogen (secondary N) is 1. The van der Waals surface area contributed by atoms with Gasteiger partial charge in [0.15, 0.2) is 0 Å². The highest BCUT2D eigenvalue weighted by Crippen LogP contribution is 2.17. The van der Waals surface area contributed by atoms with E-state index in [-0.39, 0.29) is 5.56 Å². The molecule has 0 aromatic heterocycles. The molecule has 3 aromatic rings. The van der Waals surface area contributed by atoms with Crippen molar-refractivity contribution in [2.45, 2.75) is 0 Å². The van der Waals surface area contributed by atoms with Crippen molar-refractivity contribution in [2.75, 3.05) is 24.4 Å². The Kier molecular flexibility index (Phi) is 5.52. The van der Waals surface area contributed by atoms with Gasteiger partial charge in [-0.2, -0.15) is 5.10 Å². The number of rotatable bonds is 6. The van der Waals surface area contributed by atoms with Crippen LogP contribution in [0.4, 0.5) is 11.4 Å². The Bertz CT molecular complexity index is 932. The second-order valence-corrected chi connectivity index (χ2v) is 6.26. The molecule has 5 heteroatoms. The molecule has 0 heterocycles.